The Morgan fingerprint density at radius 3 is 2.50 bits per heavy atom. The van der Waals surface area contributed by atoms with Crippen molar-refractivity contribution < 1.29 is 22.7 Å². The highest BCUT2D eigenvalue weighted by molar-refractivity contribution is 6.04. The van der Waals surface area contributed by atoms with Gasteiger partial charge in [0, 0.05) is 18.0 Å². The molecule has 1 aromatic heterocycles. The van der Waals surface area contributed by atoms with Gasteiger partial charge in [-0.2, -0.15) is 13.2 Å². The molecular weight excluding hydrogens is 371 g/mol. The SMILES string of the molecule is COc1cccc(NC(=O)c2ccc(Nc3ccccc3C(F)(F)F)nc2)c1. The minimum atomic E-state index is -4.49. The van der Waals surface area contributed by atoms with Crippen LogP contribution in [-0.4, -0.2) is 18.0 Å². The number of carbonyl (C=O) groups is 1. The molecule has 0 aliphatic heterocycles. The number of halogens is 3. The van der Waals surface area contributed by atoms with E-state index in [1.807, 2.05) is 0 Å². The Kier molecular flexibility index (Phi) is 5.49. The molecule has 0 saturated heterocycles. The van der Waals surface area contributed by atoms with E-state index in [1.165, 1.54) is 43.6 Å². The lowest BCUT2D eigenvalue weighted by Gasteiger charge is -2.14. The van der Waals surface area contributed by atoms with E-state index >= 15 is 0 Å². The fourth-order valence-electron chi connectivity index (χ4n) is 2.48. The van der Waals surface area contributed by atoms with Crippen molar-refractivity contribution in [2.75, 3.05) is 17.7 Å². The molecule has 0 fully saturated rings. The number of rotatable bonds is 5. The summed E-state index contributed by atoms with van der Waals surface area (Å²) in [6, 6.07) is 14.9. The van der Waals surface area contributed by atoms with E-state index < -0.39 is 17.6 Å². The molecule has 5 nitrogen and oxygen atoms in total. The maximum absolute atomic E-state index is 13.1. The normalized spacial score (nSPS) is 11.0. The van der Waals surface area contributed by atoms with E-state index in [-0.39, 0.29) is 17.1 Å². The van der Waals surface area contributed by atoms with Crippen molar-refractivity contribution in [3.05, 3.63) is 78.0 Å². The maximum atomic E-state index is 13.1. The van der Waals surface area contributed by atoms with Crippen LogP contribution in [0, 0.1) is 0 Å². The number of nitrogens with one attached hydrogen (secondary N) is 2. The lowest BCUT2D eigenvalue weighted by molar-refractivity contribution is -0.136. The van der Waals surface area contributed by atoms with Crippen molar-refractivity contribution in [3.63, 3.8) is 0 Å². The molecule has 2 N–H and O–H groups in total. The van der Waals surface area contributed by atoms with Gasteiger partial charge in [-0.15, -0.1) is 0 Å². The van der Waals surface area contributed by atoms with E-state index in [0.29, 0.717) is 11.4 Å². The Morgan fingerprint density at radius 1 is 1.04 bits per heavy atom. The van der Waals surface area contributed by atoms with Crippen LogP contribution in [0.4, 0.5) is 30.4 Å². The van der Waals surface area contributed by atoms with Crippen LogP contribution in [0.3, 0.4) is 0 Å². The summed E-state index contributed by atoms with van der Waals surface area (Å²) in [6.45, 7) is 0. The molecule has 0 atom stereocenters. The van der Waals surface area contributed by atoms with Crippen LogP contribution < -0.4 is 15.4 Å². The lowest BCUT2D eigenvalue weighted by Crippen LogP contribution is -2.12. The molecule has 8 heteroatoms. The van der Waals surface area contributed by atoms with Gasteiger partial charge in [0.1, 0.15) is 11.6 Å². The first kappa shape index (κ1) is 19.2. The smallest absolute Gasteiger partial charge is 0.418 e. The van der Waals surface area contributed by atoms with Gasteiger partial charge >= 0.3 is 6.18 Å². The van der Waals surface area contributed by atoms with Gasteiger partial charge in [0.05, 0.1) is 23.9 Å². The number of anilines is 3. The second-order valence-corrected chi connectivity index (χ2v) is 5.79. The highest BCUT2D eigenvalue weighted by Gasteiger charge is 2.33. The summed E-state index contributed by atoms with van der Waals surface area (Å²) in [4.78, 5) is 16.3. The van der Waals surface area contributed by atoms with Crippen LogP contribution in [0.2, 0.25) is 0 Å². The van der Waals surface area contributed by atoms with Crippen molar-refractivity contribution in [1.29, 1.82) is 0 Å². The van der Waals surface area contributed by atoms with Crippen molar-refractivity contribution in [2.24, 2.45) is 0 Å². The van der Waals surface area contributed by atoms with Gasteiger partial charge in [-0.05, 0) is 36.4 Å². The minimum absolute atomic E-state index is 0.115. The second kappa shape index (κ2) is 7.99. The zero-order valence-electron chi connectivity index (χ0n) is 14.7. The Bertz CT molecular complexity index is 973. The number of alkyl halides is 3. The first-order valence-electron chi connectivity index (χ1n) is 8.21. The molecule has 3 rings (SSSR count). The maximum Gasteiger partial charge on any atom is 0.418 e. The number of aromatic nitrogens is 1. The van der Waals surface area contributed by atoms with Crippen LogP contribution in [0.25, 0.3) is 0 Å². The molecule has 1 amide bonds. The summed E-state index contributed by atoms with van der Waals surface area (Å²) in [5.41, 5.74) is -0.101. The number of methoxy groups -OCH3 is 1. The molecular formula is C20H16F3N3O2. The van der Waals surface area contributed by atoms with E-state index in [4.69, 9.17) is 4.74 Å². The number of para-hydroxylation sites is 1. The Labute approximate surface area is 159 Å². The standard InChI is InChI=1S/C20H16F3N3O2/c1-28-15-6-4-5-14(11-15)25-19(27)13-9-10-18(24-12-13)26-17-8-3-2-7-16(17)20(21,22)23/h2-12H,1H3,(H,24,26)(H,25,27). The third-order valence-corrected chi connectivity index (χ3v) is 3.85. The van der Waals surface area contributed by atoms with E-state index in [0.717, 1.165) is 6.07 Å². The van der Waals surface area contributed by atoms with Crippen molar-refractivity contribution in [2.45, 2.75) is 6.18 Å². The largest absolute Gasteiger partial charge is 0.497 e. The number of ether oxygens (including phenoxy) is 1. The van der Waals surface area contributed by atoms with Gasteiger partial charge in [-0.25, -0.2) is 4.98 Å². The molecule has 0 radical (unpaired) electrons. The van der Waals surface area contributed by atoms with Crippen molar-refractivity contribution in [3.8, 4) is 5.75 Å². The van der Waals surface area contributed by atoms with Crippen LogP contribution in [0.15, 0.2) is 66.9 Å². The Morgan fingerprint density at radius 2 is 1.82 bits per heavy atom. The predicted octanol–water partition coefficient (Wildman–Crippen LogP) is 5.10. The molecule has 1 heterocycles. The van der Waals surface area contributed by atoms with E-state index in [9.17, 15) is 18.0 Å². The third-order valence-electron chi connectivity index (χ3n) is 3.85. The number of carbonyl (C=O) groups excluding carboxylic acids is 1. The van der Waals surface area contributed by atoms with Crippen LogP contribution in [0.1, 0.15) is 15.9 Å². The van der Waals surface area contributed by atoms with E-state index in [2.05, 4.69) is 15.6 Å². The molecule has 0 spiro atoms. The molecule has 28 heavy (non-hydrogen) atoms. The highest BCUT2D eigenvalue weighted by atomic mass is 19.4. The molecule has 0 bridgehead atoms. The van der Waals surface area contributed by atoms with Crippen LogP contribution in [-0.2, 0) is 6.18 Å². The van der Waals surface area contributed by atoms with Gasteiger partial charge in [-0.3, -0.25) is 4.79 Å². The fraction of sp³-hybridized carbons (Fsp3) is 0.100. The first-order chi connectivity index (χ1) is 13.4. The number of pyridine rings is 1. The number of amides is 1. The van der Waals surface area contributed by atoms with Crippen molar-refractivity contribution >= 4 is 23.1 Å². The summed E-state index contributed by atoms with van der Waals surface area (Å²) in [7, 11) is 1.52. The van der Waals surface area contributed by atoms with Gasteiger partial charge in [0.25, 0.3) is 5.91 Å². The monoisotopic (exact) mass is 387 g/mol. The number of nitrogens with zero attached hydrogens (tertiary/aromatic N) is 1. The van der Waals surface area contributed by atoms with E-state index in [1.54, 1.807) is 24.3 Å². The fourth-order valence-corrected chi connectivity index (χ4v) is 2.48. The molecule has 0 unspecified atom stereocenters. The molecule has 0 aliphatic carbocycles. The van der Waals surface area contributed by atoms with Gasteiger partial charge < -0.3 is 15.4 Å². The summed E-state index contributed by atoms with van der Waals surface area (Å²) in [6.07, 6.45) is -3.20. The third kappa shape index (κ3) is 4.59. The van der Waals surface area contributed by atoms with Crippen LogP contribution in [0.5, 0.6) is 5.75 Å². The molecule has 144 valence electrons. The predicted molar refractivity (Wildman–Crippen MR) is 99.9 cm³/mol. The summed E-state index contributed by atoms with van der Waals surface area (Å²) < 4.78 is 44.3. The Balaban J connectivity index is 1.73. The number of hydrogen-bond acceptors (Lipinski definition) is 4. The summed E-state index contributed by atoms with van der Waals surface area (Å²) in [5.74, 6) is 0.386. The summed E-state index contributed by atoms with van der Waals surface area (Å²) >= 11 is 0. The second-order valence-electron chi connectivity index (χ2n) is 5.79. The topological polar surface area (TPSA) is 63.2 Å². The zero-order chi connectivity index (χ0) is 20.1. The van der Waals surface area contributed by atoms with Gasteiger partial charge in [0.2, 0.25) is 0 Å². The average Bonchev–Trinajstić information content (AvgIpc) is 2.68. The van der Waals surface area contributed by atoms with Gasteiger partial charge in [0.15, 0.2) is 0 Å². The summed E-state index contributed by atoms with van der Waals surface area (Å²) in [5, 5.41) is 5.33. The quantitative estimate of drug-likeness (QED) is 0.639. The first-order valence-corrected chi connectivity index (χ1v) is 8.21. The van der Waals surface area contributed by atoms with Gasteiger partial charge in [-0.1, -0.05) is 18.2 Å². The number of hydrogen-bond donors (Lipinski definition) is 2. The number of benzene rings is 2. The molecule has 0 aliphatic rings. The molecule has 0 saturated carbocycles. The minimum Gasteiger partial charge on any atom is -0.497 e. The van der Waals surface area contributed by atoms with Crippen LogP contribution >= 0.6 is 0 Å². The average molecular weight is 387 g/mol. The zero-order valence-corrected chi connectivity index (χ0v) is 14.7. The Hall–Kier alpha value is -3.55. The molecule has 3 aromatic rings. The molecule has 2 aromatic carbocycles. The lowest BCUT2D eigenvalue weighted by atomic mass is 10.1. The van der Waals surface area contributed by atoms with Crippen molar-refractivity contribution in [1.82, 2.24) is 4.98 Å². The highest BCUT2D eigenvalue weighted by Crippen LogP contribution is 2.35.